The van der Waals surface area contributed by atoms with Crippen molar-refractivity contribution in [3.05, 3.63) is 23.3 Å². The summed E-state index contributed by atoms with van der Waals surface area (Å²) in [4.78, 5) is 0. The molecule has 0 aromatic heterocycles. The van der Waals surface area contributed by atoms with Crippen molar-refractivity contribution in [1.82, 2.24) is 0 Å². The first kappa shape index (κ1) is 8.97. The summed E-state index contributed by atoms with van der Waals surface area (Å²) in [7, 11) is 0. The first-order chi connectivity index (χ1) is 4.66. The largest absolute Gasteiger partial charge is 0.193 e. The second kappa shape index (κ2) is 4.81. The van der Waals surface area contributed by atoms with E-state index in [2.05, 4.69) is 26.0 Å². The van der Waals surface area contributed by atoms with Crippen molar-refractivity contribution in [1.29, 1.82) is 5.26 Å². The van der Waals surface area contributed by atoms with E-state index in [1.807, 2.05) is 13.0 Å². The zero-order valence-electron chi connectivity index (χ0n) is 6.81. The van der Waals surface area contributed by atoms with E-state index in [-0.39, 0.29) is 0 Å². The van der Waals surface area contributed by atoms with E-state index >= 15 is 0 Å². The van der Waals surface area contributed by atoms with Gasteiger partial charge >= 0.3 is 0 Å². The zero-order valence-corrected chi connectivity index (χ0v) is 6.81. The second-order valence-corrected chi connectivity index (χ2v) is 2.52. The van der Waals surface area contributed by atoms with Gasteiger partial charge in [0.15, 0.2) is 0 Å². The molecule has 1 nitrogen and oxygen atoms in total. The molecule has 0 unspecified atom stereocenters. The number of allylic oxidation sites excluding steroid dienone is 4. The van der Waals surface area contributed by atoms with Crippen LogP contribution in [0.1, 0.15) is 27.2 Å². The van der Waals surface area contributed by atoms with E-state index in [0.717, 1.165) is 12.0 Å². The molecule has 0 radical (unpaired) electrons. The van der Waals surface area contributed by atoms with Gasteiger partial charge in [0.05, 0.1) is 6.07 Å². The van der Waals surface area contributed by atoms with Gasteiger partial charge in [0.2, 0.25) is 0 Å². The Labute approximate surface area is 62.7 Å². The Morgan fingerprint density at radius 2 is 1.90 bits per heavy atom. The molecule has 0 amide bonds. The summed E-state index contributed by atoms with van der Waals surface area (Å²) in [5.74, 6) is 0. The van der Waals surface area contributed by atoms with Crippen LogP contribution < -0.4 is 0 Å². The normalized spacial score (nSPS) is 10.4. The van der Waals surface area contributed by atoms with Crippen LogP contribution in [0.4, 0.5) is 0 Å². The van der Waals surface area contributed by atoms with Gasteiger partial charge in [-0.2, -0.15) is 5.26 Å². The van der Waals surface area contributed by atoms with Gasteiger partial charge in [-0.15, -0.1) is 0 Å². The average Bonchev–Trinajstić information content (AvgIpc) is 1.87. The molecule has 0 saturated carbocycles. The van der Waals surface area contributed by atoms with Gasteiger partial charge in [-0.05, 0) is 27.2 Å². The fraction of sp³-hybridized carbons (Fsp3) is 0.444. The highest BCUT2D eigenvalue weighted by Gasteiger charge is 1.80. The molecule has 0 saturated heterocycles. The SMILES string of the molecule is CC(C)=CC/C=C(/C)C#N. The lowest BCUT2D eigenvalue weighted by Gasteiger charge is -1.86. The molecular formula is C9H13N. The molecule has 0 aliphatic heterocycles. The first-order valence-corrected chi connectivity index (χ1v) is 3.37. The maximum atomic E-state index is 8.36. The highest BCUT2D eigenvalue weighted by molar-refractivity contribution is 5.18. The van der Waals surface area contributed by atoms with Gasteiger partial charge in [-0.25, -0.2) is 0 Å². The smallest absolute Gasteiger partial charge is 0.0940 e. The molecule has 54 valence electrons. The van der Waals surface area contributed by atoms with Crippen molar-refractivity contribution >= 4 is 0 Å². The Morgan fingerprint density at radius 1 is 1.30 bits per heavy atom. The lowest BCUT2D eigenvalue weighted by Crippen LogP contribution is -1.68. The van der Waals surface area contributed by atoms with E-state index in [4.69, 9.17) is 5.26 Å². The summed E-state index contributed by atoms with van der Waals surface area (Å²) in [5.41, 5.74) is 2.08. The maximum absolute atomic E-state index is 8.36. The minimum atomic E-state index is 0.789. The molecule has 0 aliphatic rings. The number of nitrogens with zero attached hydrogens (tertiary/aromatic N) is 1. The lowest BCUT2D eigenvalue weighted by atomic mass is 10.2. The number of nitriles is 1. The van der Waals surface area contributed by atoms with Crippen molar-refractivity contribution < 1.29 is 0 Å². The summed E-state index contributed by atoms with van der Waals surface area (Å²) in [6, 6.07) is 2.07. The molecule has 0 aromatic rings. The molecule has 0 spiro atoms. The van der Waals surface area contributed by atoms with E-state index in [9.17, 15) is 0 Å². The molecular weight excluding hydrogens is 122 g/mol. The Hall–Kier alpha value is -1.03. The molecule has 0 N–H and O–H groups in total. The van der Waals surface area contributed by atoms with Gasteiger partial charge < -0.3 is 0 Å². The molecule has 0 fully saturated rings. The van der Waals surface area contributed by atoms with Crippen molar-refractivity contribution in [3.8, 4) is 6.07 Å². The van der Waals surface area contributed by atoms with Crippen LogP contribution in [0.5, 0.6) is 0 Å². The predicted octanol–water partition coefficient (Wildman–Crippen LogP) is 2.81. The van der Waals surface area contributed by atoms with Crippen LogP contribution in [0.3, 0.4) is 0 Å². The summed E-state index contributed by atoms with van der Waals surface area (Å²) < 4.78 is 0. The molecule has 0 heterocycles. The van der Waals surface area contributed by atoms with Crippen molar-refractivity contribution in [3.63, 3.8) is 0 Å². The first-order valence-electron chi connectivity index (χ1n) is 3.37. The molecule has 0 rings (SSSR count). The Kier molecular flexibility index (Phi) is 4.32. The molecule has 10 heavy (non-hydrogen) atoms. The standard InChI is InChI=1S/C9H13N/c1-8(2)5-4-6-9(3)7-10/h5-6H,4H2,1-3H3/b9-6-. The molecule has 1 heteroatoms. The summed E-state index contributed by atoms with van der Waals surface area (Å²) >= 11 is 0. The van der Waals surface area contributed by atoms with Crippen LogP contribution in [-0.4, -0.2) is 0 Å². The highest BCUT2D eigenvalue weighted by Crippen LogP contribution is 1.97. The van der Waals surface area contributed by atoms with Crippen LogP contribution in [0, 0.1) is 11.3 Å². The van der Waals surface area contributed by atoms with Crippen LogP contribution in [-0.2, 0) is 0 Å². The van der Waals surface area contributed by atoms with Gasteiger partial charge in [0.1, 0.15) is 0 Å². The Bertz CT molecular complexity index is 187. The van der Waals surface area contributed by atoms with Crippen LogP contribution >= 0.6 is 0 Å². The third-order valence-corrected chi connectivity index (χ3v) is 1.13. The quantitative estimate of drug-likeness (QED) is 0.422. The molecule has 0 atom stereocenters. The number of hydrogen-bond acceptors (Lipinski definition) is 1. The average molecular weight is 135 g/mol. The molecule has 0 bridgehead atoms. The third kappa shape index (κ3) is 5.11. The van der Waals surface area contributed by atoms with Crippen LogP contribution in [0.25, 0.3) is 0 Å². The predicted molar refractivity (Wildman–Crippen MR) is 43.4 cm³/mol. The zero-order chi connectivity index (χ0) is 7.98. The topological polar surface area (TPSA) is 23.8 Å². The molecule has 0 aliphatic carbocycles. The van der Waals surface area contributed by atoms with Gasteiger partial charge in [-0.3, -0.25) is 0 Å². The van der Waals surface area contributed by atoms with Gasteiger partial charge in [0, 0.05) is 5.57 Å². The summed E-state index contributed by atoms with van der Waals surface area (Å²) in [6.45, 7) is 5.92. The Balaban J connectivity index is 3.77. The van der Waals surface area contributed by atoms with Gasteiger partial charge in [-0.1, -0.05) is 17.7 Å². The van der Waals surface area contributed by atoms with Crippen molar-refractivity contribution in [2.45, 2.75) is 27.2 Å². The van der Waals surface area contributed by atoms with Gasteiger partial charge in [0.25, 0.3) is 0 Å². The second-order valence-electron chi connectivity index (χ2n) is 2.52. The monoisotopic (exact) mass is 135 g/mol. The molecule has 0 aromatic carbocycles. The van der Waals surface area contributed by atoms with Crippen molar-refractivity contribution in [2.75, 3.05) is 0 Å². The van der Waals surface area contributed by atoms with Crippen LogP contribution in [0.15, 0.2) is 23.3 Å². The van der Waals surface area contributed by atoms with E-state index < -0.39 is 0 Å². The third-order valence-electron chi connectivity index (χ3n) is 1.13. The summed E-state index contributed by atoms with van der Waals surface area (Å²) in [5, 5.41) is 8.36. The fourth-order valence-corrected chi connectivity index (χ4v) is 0.517. The minimum absolute atomic E-state index is 0.789. The van der Waals surface area contributed by atoms with Crippen LogP contribution in [0.2, 0.25) is 0 Å². The van der Waals surface area contributed by atoms with E-state index in [1.165, 1.54) is 5.57 Å². The maximum Gasteiger partial charge on any atom is 0.0940 e. The lowest BCUT2D eigenvalue weighted by molar-refractivity contribution is 1.26. The number of rotatable bonds is 2. The van der Waals surface area contributed by atoms with Crippen molar-refractivity contribution in [2.24, 2.45) is 0 Å². The Morgan fingerprint density at radius 3 is 2.30 bits per heavy atom. The minimum Gasteiger partial charge on any atom is -0.193 e. The van der Waals surface area contributed by atoms with E-state index in [1.54, 1.807) is 0 Å². The number of hydrogen-bond donors (Lipinski definition) is 0. The summed E-state index contributed by atoms with van der Waals surface area (Å²) in [6.07, 6.45) is 4.90. The fourth-order valence-electron chi connectivity index (χ4n) is 0.517. The van der Waals surface area contributed by atoms with E-state index in [0.29, 0.717) is 0 Å². The highest BCUT2D eigenvalue weighted by atomic mass is 14.2.